The number of pyridine rings is 1. The molecule has 0 atom stereocenters. The van der Waals surface area contributed by atoms with Crippen molar-refractivity contribution in [3.8, 4) is 0 Å². The van der Waals surface area contributed by atoms with Crippen molar-refractivity contribution in [1.82, 2.24) is 4.98 Å². The van der Waals surface area contributed by atoms with Gasteiger partial charge in [0.2, 0.25) is 5.78 Å². The number of ketones is 1. The summed E-state index contributed by atoms with van der Waals surface area (Å²) in [6, 6.07) is 4.71. The molecule has 128 valence electrons. The number of hydrogen-bond acceptors (Lipinski definition) is 4. The lowest BCUT2D eigenvalue weighted by Crippen LogP contribution is -2.16. The van der Waals surface area contributed by atoms with Crippen molar-refractivity contribution in [1.29, 1.82) is 0 Å². The third-order valence-corrected chi connectivity index (χ3v) is 3.60. The third kappa shape index (κ3) is 4.09. The van der Waals surface area contributed by atoms with Gasteiger partial charge in [-0.25, -0.2) is 23.6 Å². The summed E-state index contributed by atoms with van der Waals surface area (Å²) in [5, 5.41) is 8.22. The average molecular weight is 385 g/mol. The van der Waals surface area contributed by atoms with Gasteiger partial charge in [-0.1, -0.05) is 23.2 Å². The summed E-state index contributed by atoms with van der Waals surface area (Å²) in [4.78, 5) is 30.9. The molecular formula is C16H8Cl2F2N2O3. The maximum atomic E-state index is 13.8. The number of Topliss-reactive ketones (excluding diaryl/α,β-unsaturated/α-hetero) is 1. The Balaban J connectivity index is 2.57. The summed E-state index contributed by atoms with van der Waals surface area (Å²) in [5.74, 6) is -2.22. The summed E-state index contributed by atoms with van der Waals surface area (Å²) >= 11 is 11.3. The molecule has 0 saturated heterocycles. The molecule has 5 nitrogen and oxygen atoms in total. The Bertz CT molecular complexity index is 937. The number of rotatable bonds is 4. The first kappa shape index (κ1) is 18.7. The number of aliphatic imine (C=N–C) groups is 1. The highest BCUT2D eigenvalue weighted by Gasteiger charge is 2.27. The lowest BCUT2D eigenvalue weighted by Gasteiger charge is -2.08. The molecule has 0 aliphatic heterocycles. The van der Waals surface area contributed by atoms with Crippen LogP contribution < -0.4 is 0 Å². The second-order valence-electron chi connectivity index (χ2n) is 4.72. The van der Waals surface area contributed by atoms with Crippen LogP contribution in [0.15, 0.2) is 34.8 Å². The number of carbonyl (C=O) groups excluding carboxylic acids is 1. The lowest BCUT2D eigenvalue weighted by molar-refractivity contribution is -0.132. The van der Waals surface area contributed by atoms with Crippen molar-refractivity contribution in [2.24, 2.45) is 4.99 Å². The van der Waals surface area contributed by atoms with Gasteiger partial charge in [0, 0.05) is 11.4 Å². The monoisotopic (exact) mass is 384 g/mol. The van der Waals surface area contributed by atoms with Gasteiger partial charge in [-0.2, -0.15) is 0 Å². The third-order valence-electron chi connectivity index (χ3n) is 3.08. The molecule has 0 amide bonds. The van der Waals surface area contributed by atoms with Gasteiger partial charge >= 0.3 is 5.97 Å². The molecule has 0 saturated carbocycles. The molecule has 2 aromatic rings. The summed E-state index contributed by atoms with van der Waals surface area (Å²) < 4.78 is 26.7. The van der Waals surface area contributed by atoms with E-state index >= 15 is 0 Å². The van der Waals surface area contributed by atoms with Crippen molar-refractivity contribution in [3.63, 3.8) is 0 Å². The Morgan fingerprint density at radius 1 is 1.16 bits per heavy atom. The summed E-state index contributed by atoms with van der Waals surface area (Å²) in [6.45, 7) is 1.21. The van der Waals surface area contributed by atoms with E-state index in [1.807, 2.05) is 0 Å². The number of carboxylic acids is 1. The zero-order valence-electron chi connectivity index (χ0n) is 12.5. The van der Waals surface area contributed by atoms with Crippen LogP contribution in [0.3, 0.4) is 0 Å². The van der Waals surface area contributed by atoms with E-state index in [2.05, 4.69) is 15.8 Å². The van der Waals surface area contributed by atoms with E-state index in [9.17, 15) is 23.5 Å². The summed E-state index contributed by atoms with van der Waals surface area (Å²) in [7, 11) is 0. The Hall–Kier alpha value is -2.60. The highest BCUT2D eigenvalue weighted by Crippen LogP contribution is 2.27. The molecule has 0 bridgehead atoms. The number of hydrogen-bond donors (Lipinski definition) is 1. The van der Waals surface area contributed by atoms with E-state index in [0.29, 0.717) is 0 Å². The zero-order valence-corrected chi connectivity index (χ0v) is 14.0. The maximum Gasteiger partial charge on any atom is 0.349 e. The molecule has 1 N–H and O–H groups in total. The van der Waals surface area contributed by atoms with Crippen LogP contribution >= 0.6 is 23.2 Å². The van der Waals surface area contributed by atoms with Crippen LogP contribution in [0.2, 0.25) is 10.3 Å². The highest BCUT2D eigenvalue weighted by molar-refractivity contribution is 6.38. The average Bonchev–Trinajstić information content (AvgIpc) is 2.54. The van der Waals surface area contributed by atoms with Crippen LogP contribution in [-0.2, 0) is 4.79 Å². The minimum Gasteiger partial charge on any atom is -0.477 e. The smallest absolute Gasteiger partial charge is 0.349 e. The molecule has 0 aliphatic rings. The number of carboxylic acid groups (broad SMARTS) is 1. The number of halogens is 4. The predicted octanol–water partition coefficient (Wildman–Crippen LogP) is 4.17. The van der Waals surface area contributed by atoms with Gasteiger partial charge < -0.3 is 5.11 Å². The van der Waals surface area contributed by atoms with Gasteiger partial charge in [0.25, 0.3) is 0 Å². The summed E-state index contributed by atoms with van der Waals surface area (Å²) in [5.41, 5.74) is -1.44. The van der Waals surface area contributed by atoms with Crippen molar-refractivity contribution < 1.29 is 23.5 Å². The van der Waals surface area contributed by atoms with Crippen molar-refractivity contribution in [2.45, 2.75) is 6.92 Å². The Labute approximate surface area is 150 Å². The van der Waals surface area contributed by atoms with Crippen molar-refractivity contribution in [3.05, 3.63) is 62.9 Å². The maximum absolute atomic E-state index is 13.8. The van der Waals surface area contributed by atoms with Crippen LogP contribution in [0.1, 0.15) is 15.9 Å². The summed E-state index contributed by atoms with van der Waals surface area (Å²) in [6.07, 6.45) is 0. The Morgan fingerprint density at radius 2 is 1.76 bits per heavy atom. The van der Waals surface area contributed by atoms with Crippen LogP contribution in [-0.4, -0.2) is 27.7 Å². The van der Waals surface area contributed by atoms with Gasteiger partial charge in [-0.05, 0) is 31.2 Å². The number of carbonyl (C=O) groups is 2. The number of nitrogens with zero attached hydrogens (tertiary/aromatic N) is 2. The van der Waals surface area contributed by atoms with Gasteiger partial charge in [0.05, 0.1) is 11.3 Å². The fourth-order valence-corrected chi connectivity index (χ4v) is 2.41. The van der Waals surface area contributed by atoms with Gasteiger partial charge in [-0.3, -0.25) is 4.79 Å². The largest absolute Gasteiger partial charge is 0.477 e. The van der Waals surface area contributed by atoms with Crippen molar-refractivity contribution >= 4 is 46.5 Å². The minimum atomic E-state index is -1.65. The quantitative estimate of drug-likeness (QED) is 0.214. The van der Waals surface area contributed by atoms with E-state index in [1.165, 1.54) is 19.1 Å². The molecule has 25 heavy (non-hydrogen) atoms. The fraction of sp³-hybridized carbons (Fsp3) is 0.0625. The lowest BCUT2D eigenvalue weighted by atomic mass is 10.0. The van der Waals surface area contributed by atoms with Gasteiger partial charge in [0.1, 0.15) is 11.0 Å². The van der Waals surface area contributed by atoms with E-state index < -0.39 is 44.8 Å². The van der Waals surface area contributed by atoms with E-state index in [0.717, 1.165) is 12.1 Å². The van der Waals surface area contributed by atoms with Crippen LogP contribution in [0, 0.1) is 18.6 Å². The first-order valence-electron chi connectivity index (χ1n) is 6.60. The predicted molar refractivity (Wildman–Crippen MR) is 87.9 cm³/mol. The Morgan fingerprint density at radius 3 is 2.32 bits per heavy atom. The molecular weight excluding hydrogens is 377 g/mol. The topological polar surface area (TPSA) is 79.6 Å². The Kier molecular flexibility index (Phi) is 5.64. The second-order valence-corrected chi connectivity index (χ2v) is 5.43. The molecule has 0 aliphatic carbocycles. The SMILES string of the molecule is Cc1c(F)c(Cl)nc(Cl)c1C(=O)C(=C=Nc1ccc(F)cc1)C(=O)O. The molecule has 1 aromatic heterocycles. The molecule has 1 aromatic carbocycles. The van der Waals surface area contributed by atoms with E-state index in [4.69, 9.17) is 23.2 Å². The molecule has 9 heteroatoms. The van der Waals surface area contributed by atoms with Crippen LogP contribution in [0.5, 0.6) is 0 Å². The van der Waals surface area contributed by atoms with Crippen molar-refractivity contribution in [2.75, 3.05) is 0 Å². The van der Waals surface area contributed by atoms with Gasteiger partial charge in [0.15, 0.2) is 16.5 Å². The molecule has 0 unspecified atom stereocenters. The molecule has 0 spiro atoms. The number of aliphatic carboxylic acids is 1. The zero-order chi connectivity index (χ0) is 18.7. The minimum absolute atomic E-state index is 0.163. The van der Waals surface area contributed by atoms with Crippen LogP contribution in [0.25, 0.3) is 0 Å². The second kappa shape index (κ2) is 7.53. The van der Waals surface area contributed by atoms with Gasteiger partial charge in [-0.15, -0.1) is 0 Å². The molecule has 0 radical (unpaired) electrons. The molecule has 2 rings (SSSR count). The normalized spacial score (nSPS) is 10.1. The van der Waals surface area contributed by atoms with E-state index in [-0.39, 0.29) is 11.3 Å². The standard InChI is InChI=1S/C16H8Cl2F2N2O3/c1-7-11(14(17)22-15(18)12(7)20)13(23)10(16(24)25)6-21-9-4-2-8(19)3-5-9/h2-5H,1H3,(H,24,25). The number of aromatic nitrogens is 1. The molecule has 1 heterocycles. The van der Waals surface area contributed by atoms with E-state index in [1.54, 1.807) is 0 Å². The first-order valence-corrected chi connectivity index (χ1v) is 7.36. The first-order chi connectivity index (χ1) is 11.7. The number of benzene rings is 1. The molecule has 0 fully saturated rings. The fourth-order valence-electron chi connectivity index (χ4n) is 1.83. The highest BCUT2D eigenvalue weighted by atomic mass is 35.5. The van der Waals surface area contributed by atoms with Crippen LogP contribution in [0.4, 0.5) is 14.5 Å².